The highest BCUT2D eigenvalue weighted by molar-refractivity contribution is 6.04. The highest BCUT2D eigenvalue weighted by Gasteiger charge is 2.09. The molecule has 0 bridgehead atoms. The molecule has 4 rings (SSSR count). The van der Waals surface area contributed by atoms with Crippen LogP contribution in [0.4, 0.5) is 5.69 Å². The number of anilines is 1. The first-order valence-electron chi connectivity index (χ1n) is 10.7. The fourth-order valence-electron chi connectivity index (χ4n) is 3.95. The number of aromatic nitrogens is 1. The third-order valence-electron chi connectivity index (χ3n) is 5.48. The van der Waals surface area contributed by atoms with E-state index in [-0.39, 0.29) is 0 Å². The Bertz CT molecular complexity index is 1140. The Hall–Kier alpha value is -3.33. The Labute approximate surface area is 178 Å². The van der Waals surface area contributed by atoms with Crippen LogP contribution in [0.25, 0.3) is 34.0 Å². The van der Waals surface area contributed by atoms with E-state index in [1.54, 1.807) is 0 Å². The predicted octanol–water partition coefficient (Wildman–Crippen LogP) is 6.80. The highest BCUT2D eigenvalue weighted by atomic mass is 16.5. The number of rotatable bonds is 7. The van der Waals surface area contributed by atoms with Gasteiger partial charge in [-0.25, -0.2) is 4.98 Å². The van der Waals surface area contributed by atoms with Gasteiger partial charge in [0.25, 0.3) is 0 Å². The molecule has 30 heavy (non-hydrogen) atoms. The second kappa shape index (κ2) is 9.00. The molecule has 0 aliphatic rings. The second-order valence-electron chi connectivity index (χ2n) is 7.22. The number of pyridine rings is 1. The van der Waals surface area contributed by atoms with E-state index in [9.17, 15) is 0 Å². The van der Waals surface area contributed by atoms with Gasteiger partial charge in [-0.05, 0) is 50.6 Å². The zero-order valence-electron chi connectivity index (χ0n) is 17.9. The van der Waals surface area contributed by atoms with E-state index in [0.717, 1.165) is 46.2 Å². The number of ether oxygens (including phenoxy) is 1. The molecular formula is C27H28N2O. The topological polar surface area (TPSA) is 25.4 Å². The summed E-state index contributed by atoms with van der Waals surface area (Å²) in [6.45, 7) is 8.98. The Morgan fingerprint density at radius 1 is 0.800 bits per heavy atom. The molecule has 0 N–H and O–H groups in total. The van der Waals surface area contributed by atoms with E-state index >= 15 is 0 Å². The van der Waals surface area contributed by atoms with Gasteiger partial charge in [-0.2, -0.15) is 0 Å². The van der Waals surface area contributed by atoms with Crippen molar-refractivity contribution >= 4 is 39.6 Å². The number of hydrogen-bond acceptors (Lipinski definition) is 3. The van der Waals surface area contributed by atoms with E-state index in [2.05, 4.69) is 85.5 Å². The molecule has 0 saturated carbocycles. The SMILES string of the molecule is CCOc1cc(N(CC)CC)ccc1C=Cc1c2ccccc2nc2ccccc12. The first-order chi connectivity index (χ1) is 14.7. The van der Waals surface area contributed by atoms with E-state index in [0.29, 0.717) is 6.61 Å². The number of para-hydroxylation sites is 2. The summed E-state index contributed by atoms with van der Waals surface area (Å²) >= 11 is 0. The van der Waals surface area contributed by atoms with Crippen molar-refractivity contribution in [3.63, 3.8) is 0 Å². The van der Waals surface area contributed by atoms with Crippen molar-refractivity contribution < 1.29 is 4.74 Å². The Morgan fingerprint density at radius 2 is 1.43 bits per heavy atom. The third kappa shape index (κ3) is 3.88. The maximum atomic E-state index is 5.99. The minimum absolute atomic E-state index is 0.643. The summed E-state index contributed by atoms with van der Waals surface area (Å²) in [5.74, 6) is 0.917. The van der Waals surface area contributed by atoms with Crippen LogP contribution in [-0.2, 0) is 0 Å². The summed E-state index contributed by atoms with van der Waals surface area (Å²) in [4.78, 5) is 7.16. The quantitative estimate of drug-likeness (QED) is 0.321. The van der Waals surface area contributed by atoms with Crippen LogP contribution in [0, 0.1) is 0 Å². The van der Waals surface area contributed by atoms with Crippen LogP contribution in [0.2, 0.25) is 0 Å². The Morgan fingerprint density at radius 3 is 2.03 bits per heavy atom. The number of hydrogen-bond donors (Lipinski definition) is 0. The van der Waals surface area contributed by atoms with Crippen molar-refractivity contribution in [2.24, 2.45) is 0 Å². The van der Waals surface area contributed by atoms with Crippen molar-refractivity contribution in [1.82, 2.24) is 4.98 Å². The number of benzene rings is 3. The maximum absolute atomic E-state index is 5.99. The lowest BCUT2D eigenvalue weighted by atomic mass is 10.0. The van der Waals surface area contributed by atoms with E-state index in [4.69, 9.17) is 9.72 Å². The van der Waals surface area contributed by atoms with Crippen molar-refractivity contribution in [2.75, 3.05) is 24.6 Å². The fourth-order valence-corrected chi connectivity index (χ4v) is 3.95. The van der Waals surface area contributed by atoms with Crippen molar-refractivity contribution in [1.29, 1.82) is 0 Å². The molecule has 1 heterocycles. The van der Waals surface area contributed by atoms with Gasteiger partial charge in [-0.3, -0.25) is 0 Å². The molecule has 0 unspecified atom stereocenters. The third-order valence-corrected chi connectivity index (χ3v) is 5.48. The van der Waals surface area contributed by atoms with Gasteiger partial charge in [0.15, 0.2) is 0 Å². The second-order valence-corrected chi connectivity index (χ2v) is 7.22. The molecule has 0 aliphatic carbocycles. The molecule has 1 aromatic heterocycles. The molecular weight excluding hydrogens is 368 g/mol. The van der Waals surface area contributed by atoms with Crippen molar-refractivity contribution in [3.8, 4) is 5.75 Å². The van der Waals surface area contributed by atoms with Gasteiger partial charge in [0.1, 0.15) is 5.75 Å². The molecule has 0 amide bonds. The van der Waals surface area contributed by atoms with Crippen LogP contribution in [0.15, 0.2) is 66.7 Å². The monoisotopic (exact) mass is 396 g/mol. The lowest BCUT2D eigenvalue weighted by Crippen LogP contribution is -2.21. The van der Waals surface area contributed by atoms with Gasteiger partial charge < -0.3 is 9.64 Å². The molecule has 0 atom stereocenters. The molecule has 0 radical (unpaired) electrons. The van der Waals surface area contributed by atoms with Gasteiger partial charge in [0, 0.05) is 41.2 Å². The summed E-state index contributed by atoms with van der Waals surface area (Å²) in [5.41, 5.74) is 5.49. The van der Waals surface area contributed by atoms with Crippen LogP contribution in [0.1, 0.15) is 31.9 Å². The standard InChI is InChI=1S/C27H28N2O/c1-4-29(5-2)21-17-15-20(27(19-21)30-6-3)16-18-22-23-11-7-9-13-25(23)28-26-14-10-8-12-24(22)26/h7-19H,4-6H2,1-3H3. The molecule has 3 nitrogen and oxygen atoms in total. The lowest BCUT2D eigenvalue weighted by Gasteiger charge is -2.22. The number of nitrogens with zero attached hydrogens (tertiary/aromatic N) is 2. The fraction of sp³-hybridized carbons (Fsp3) is 0.222. The number of fused-ring (bicyclic) bond motifs is 2. The van der Waals surface area contributed by atoms with Gasteiger partial charge in [0.05, 0.1) is 17.6 Å². The average molecular weight is 397 g/mol. The van der Waals surface area contributed by atoms with Gasteiger partial charge >= 0.3 is 0 Å². The van der Waals surface area contributed by atoms with E-state index in [1.165, 1.54) is 11.3 Å². The van der Waals surface area contributed by atoms with E-state index < -0.39 is 0 Å². The predicted molar refractivity (Wildman–Crippen MR) is 129 cm³/mol. The largest absolute Gasteiger partial charge is 0.493 e. The van der Waals surface area contributed by atoms with Crippen LogP contribution in [-0.4, -0.2) is 24.7 Å². The van der Waals surface area contributed by atoms with Gasteiger partial charge in [-0.15, -0.1) is 0 Å². The average Bonchev–Trinajstić information content (AvgIpc) is 2.78. The lowest BCUT2D eigenvalue weighted by molar-refractivity contribution is 0.339. The minimum Gasteiger partial charge on any atom is -0.493 e. The minimum atomic E-state index is 0.643. The smallest absolute Gasteiger partial charge is 0.128 e. The van der Waals surface area contributed by atoms with Crippen LogP contribution in [0.5, 0.6) is 5.75 Å². The summed E-state index contributed by atoms with van der Waals surface area (Å²) in [6, 6.07) is 23.1. The molecule has 0 saturated heterocycles. The van der Waals surface area contributed by atoms with Crippen LogP contribution in [0.3, 0.4) is 0 Å². The zero-order valence-corrected chi connectivity index (χ0v) is 17.9. The van der Waals surface area contributed by atoms with Gasteiger partial charge in [0.2, 0.25) is 0 Å². The first-order valence-corrected chi connectivity index (χ1v) is 10.7. The molecule has 4 aromatic rings. The summed E-state index contributed by atoms with van der Waals surface area (Å²) in [7, 11) is 0. The molecule has 152 valence electrons. The zero-order chi connectivity index (χ0) is 20.9. The first kappa shape index (κ1) is 20.0. The summed E-state index contributed by atoms with van der Waals surface area (Å²) in [6.07, 6.45) is 4.35. The Balaban J connectivity index is 1.82. The molecule has 3 aromatic carbocycles. The van der Waals surface area contributed by atoms with Gasteiger partial charge in [-0.1, -0.05) is 48.6 Å². The van der Waals surface area contributed by atoms with Crippen molar-refractivity contribution in [3.05, 3.63) is 77.9 Å². The molecule has 0 aliphatic heterocycles. The van der Waals surface area contributed by atoms with E-state index in [1.807, 2.05) is 19.1 Å². The molecule has 3 heteroatoms. The summed E-state index contributed by atoms with van der Waals surface area (Å²) in [5, 5.41) is 2.32. The normalized spacial score (nSPS) is 11.4. The van der Waals surface area contributed by atoms with Crippen LogP contribution >= 0.6 is 0 Å². The summed E-state index contributed by atoms with van der Waals surface area (Å²) < 4.78 is 5.99. The molecule has 0 spiro atoms. The van der Waals surface area contributed by atoms with Crippen LogP contribution < -0.4 is 9.64 Å². The Kier molecular flexibility index (Phi) is 5.99. The maximum Gasteiger partial charge on any atom is 0.128 e. The molecule has 0 fully saturated rings. The van der Waals surface area contributed by atoms with Crippen molar-refractivity contribution in [2.45, 2.75) is 20.8 Å². The highest BCUT2D eigenvalue weighted by Crippen LogP contribution is 2.31.